The van der Waals surface area contributed by atoms with Gasteiger partial charge in [0, 0.05) is 23.3 Å². The number of benzene rings is 2. The number of hydrogen-bond acceptors (Lipinski definition) is 6. The third-order valence-electron chi connectivity index (χ3n) is 6.13. The molecule has 0 amide bonds. The Hall–Kier alpha value is -4.04. The predicted octanol–water partition coefficient (Wildman–Crippen LogP) is 5.34. The van der Waals surface area contributed by atoms with Crippen LogP contribution in [0, 0.1) is 27.7 Å². The molecule has 35 heavy (non-hydrogen) atoms. The minimum absolute atomic E-state index is 0.160. The normalized spacial score (nSPS) is 11.8. The van der Waals surface area contributed by atoms with Crippen LogP contribution in [0.4, 0.5) is 0 Å². The van der Waals surface area contributed by atoms with Crippen LogP contribution in [-0.2, 0) is 10.0 Å². The van der Waals surface area contributed by atoms with E-state index in [2.05, 4.69) is 15.0 Å². The second-order valence-electron chi connectivity index (χ2n) is 8.69. The van der Waals surface area contributed by atoms with E-state index in [0.29, 0.717) is 22.4 Å². The quantitative estimate of drug-likeness (QED) is 0.370. The number of phenols is 1. The summed E-state index contributed by atoms with van der Waals surface area (Å²) in [6, 6.07) is 13.9. The molecule has 0 spiro atoms. The van der Waals surface area contributed by atoms with E-state index in [0.717, 1.165) is 33.5 Å². The zero-order chi connectivity index (χ0) is 24.9. The number of nitrogens with zero attached hydrogens (tertiary/aromatic N) is 4. The van der Waals surface area contributed by atoms with Gasteiger partial charge >= 0.3 is 0 Å². The van der Waals surface area contributed by atoms with E-state index in [1.807, 2.05) is 39.8 Å². The number of aromatic nitrogens is 4. The first kappa shape index (κ1) is 22.7. The molecule has 8 heteroatoms. The second-order valence-corrected chi connectivity index (χ2v) is 10.5. The predicted molar refractivity (Wildman–Crippen MR) is 136 cm³/mol. The van der Waals surface area contributed by atoms with Crippen LogP contribution in [0.3, 0.4) is 0 Å². The van der Waals surface area contributed by atoms with Crippen LogP contribution in [0.1, 0.15) is 22.4 Å². The number of rotatable bonds is 4. The lowest BCUT2D eigenvalue weighted by Crippen LogP contribution is -2.15. The van der Waals surface area contributed by atoms with Gasteiger partial charge < -0.3 is 5.11 Å². The number of hydrogen-bond donors (Lipinski definition) is 1. The first-order chi connectivity index (χ1) is 16.7. The average Bonchev–Trinajstić information content (AvgIpc) is 3.22. The lowest BCUT2D eigenvalue weighted by atomic mass is 9.96. The van der Waals surface area contributed by atoms with Crippen molar-refractivity contribution in [3.8, 4) is 28.3 Å². The molecule has 5 rings (SSSR count). The summed E-state index contributed by atoms with van der Waals surface area (Å²) in [6.07, 6.45) is 4.81. The molecule has 0 saturated heterocycles. The first-order valence-corrected chi connectivity index (χ1v) is 12.5. The van der Waals surface area contributed by atoms with E-state index < -0.39 is 10.0 Å². The number of phenolic OH excluding ortho intramolecular Hbond substituents is 1. The summed E-state index contributed by atoms with van der Waals surface area (Å²) in [6.45, 7) is 7.54. The number of fused-ring (bicyclic) bond motifs is 1. The van der Waals surface area contributed by atoms with Crippen LogP contribution >= 0.6 is 0 Å². The summed E-state index contributed by atoms with van der Waals surface area (Å²) in [7, 11) is -3.98. The molecule has 0 bridgehead atoms. The molecule has 0 aliphatic rings. The van der Waals surface area contributed by atoms with E-state index in [4.69, 9.17) is 0 Å². The first-order valence-electron chi connectivity index (χ1n) is 11.1. The highest BCUT2D eigenvalue weighted by Gasteiger charge is 2.26. The Kier molecular flexibility index (Phi) is 5.40. The van der Waals surface area contributed by atoms with Crippen molar-refractivity contribution in [3.05, 3.63) is 89.5 Å². The molecule has 7 nitrogen and oxygen atoms in total. The molecule has 0 radical (unpaired) electrons. The Balaban J connectivity index is 1.80. The van der Waals surface area contributed by atoms with Gasteiger partial charge in [-0.3, -0.25) is 9.97 Å². The van der Waals surface area contributed by atoms with Crippen molar-refractivity contribution in [1.82, 2.24) is 18.9 Å². The van der Waals surface area contributed by atoms with Gasteiger partial charge in [0.15, 0.2) is 5.65 Å². The Morgan fingerprint density at radius 2 is 1.57 bits per heavy atom. The molecule has 3 heterocycles. The van der Waals surface area contributed by atoms with Crippen molar-refractivity contribution in [3.63, 3.8) is 0 Å². The highest BCUT2D eigenvalue weighted by atomic mass is 32.2. The van der Waals surface area contributed by atoms with Crippen molar-refractivity contribution in [2.75, 3.05) is 0 Å². The summed E-state index contributed by atoms with van der Waals surface area (Å²) in [4.78, 5) is 13.5. The molecule has 3 aromatic heterocycles. The van der Waals surface area contributed by atoms with Gasteiger partial charge in [0.05, 0.1) is 22.5 Å². The maximum absolute atomic E-state index is 13.8. The van der Waals surface area contributed by atoms with Gasteiger partial charge in [-0.25, -0.2) is 17.4 Å². The molecule has 1 N–H and O–H groups in total. The van der Waals surface area contributed by atoms with Crippen LogP contribution in [0.25, 0.3) is 33.5 Å². The Bertz CT molecular complexity index is 1690. The van der Waals surface area contributed by atoms with Crippen LogP contribution in [-0.4, -0.2) is 32.4 Å². The fourth-order valence-electron chi connectivity index (χ4n) is 4.25. The van der Waals surface area contributed by atoms with E-state index in [1.54, 1.807) is 55.0 Å². The second kappa shape index (κ2) is 8.32. The highest BCUT2D eigenvalue weighted by molar-refractivity contribution is 7.90. The Morgan fingerprint density at radius 1 is 0.829 bits per heavy atom. The number of aryl methyl sites for hydroxylation is 3. The summed E-state index contributed by atoms with van der Waals surface area (Å²) in [5.74, 6) is 0.195. The van der Waals surface area contributed by atoms with E-state index in [-0.39, 0.29) is 10.6 Å². The topological polar surface area (TPSA) is 98.0 Å². The third kappa shape index (κ3) is 3.85. The van der Waals surface area contributed by atoms with E-state index in [9.17, 15) is 13.5 Å². The molecule has 5 aromatic rings. The monoisotopic (exact) mass is 484 g/mol. The van der Waals surface area contributed by atoms with Gasteiger partial charge in [-0.2, -0.15) is 0 Å². The summed E-state index contributed by atoms with van der Waals surface area (Å²) >= 11 is 0. The number of aromatic hydroxyl groups is 1. The van der Waals surface area contributed by atoms with Crippen molar-refractivity contribution in [2.24, 2.45) is 0 Å². The molecular weight excluding hydrogens is 460 g/mol. The Labute approximate surface area is 203 Å². The van der Waals surface area contributed by atoms with Crippen LogP contribution in [0.15, 0.2) is 72.0 Å². The zero-order valence-electron chi connectivity index (χ0n) is 19.8. The van der Waals surface area contributed by atoms with E-state index >= 15 is 0 Å². The zero-order valence-corrected chi connectivity index (χ0v) is 20.6. The molecule has 2 aromatic carbocycles. The molecule has 0 aliphatic carbocycles. The van der Waals surface area contributed by atoms with Crippen molar-refractivity contribution >= 4 is 21.1 Å². The van der Waals surface area contributed by atoms with Gasteiger partial charge in [0.25, 0.3) is 10.0 Å². The minimum Gasteiger partial charge on any atom is -0.508 e. The Morgan fingerprint density at radius 3 is 2.26 bits per heavy atom. The highest BCUT2D eigenvalue weighted by Crippen LogP contribution is 2.36. The molecule has 0 fully saturated rings. The standard InChI is InChI=1S/C27H24N4O3S/c1-16-5-8-22(9-6-16)35(33,34)31-24(23-15-28-18(3)13-29-23)12-20-11-21(14-30-27(20)31)26-17(2)7-10-25(32)19(26)4/h5-15,32H,1-4H3. The molecule has 0 atom stereocenters. The summed E-state index contributed by atoms with van der Waals surface area (Å²) in [5, 5.41) is 10.9. The van der Waals surface area contributed by atoms with Gasteiger partial charge in [-0.15, -0.1) is 0 Å². The molecular formula is C27H24N4O3S. The molecule has 0 saturated carbocycles. The maximum atomic E-state index is 13.8. The summed E-state index contributed by atoms with van der Waals surface area (Å²) < 4.78 is 28.9. The van der Waals surface area contributed by atoms with Crippen molar-refractivity contribution < 1.29 is 13.5 Å². The average molecular weight is 485 g/mol. The molecule has 0 aliphatic heterocycles. The van der Waals surface area contributed by atoms with Crippen LogP contribution in [0.2, 0.25) is 0 Å². The fourth-order valence-corrected chi connectivity index (χ4v) is 5.73. The van der Waals surface area contributed by atoms with Gasteiger partial charge in [-0.1, -0.05) is 23.8 Å². The van der Waals surface area contributed by atoms with Gasteiger partial charge in [-0.05, 0) is 74.7 Å². The lowest BCUT2D eigenvalue weighted by molar-refractivity contribution is 0.471. The molecule has 176 valence electrons. The van der Waals surface area contributed by atoms with Gasteiger partial charge in [0.1, 0.15) is 11.4 Å². The largest absolute Gasteiger partial charge is 0.508 e. The lowest BCUT2D eigenvalue weighted by Gasteiger charge is -2.13. The minimum atomic E-state index is -3.98. The number of pyridine rings is 1. The van der Waals surface area contributed by atoms with Crippen molar-refractivity contribution in [1.29, 1.82) is 0 Å². The van der Waals surface area contributed by atoms with Crippen molar-refractivity contribution in [2.45, 2.75) is 32.6 Å². The smallest absolute Gasteiger partial charge is 0.269 e. The van der Waals surface area contributed by atoms with Crippen LogP contribution in [0.5, 0.6) is 5.75 Å². The third-order valence-corrected chi connectivity index (χ3v) is 7.85. The SMILES string of the molecule is Cc1ccc(S(=O)(=O)n2c(-c3cnc(C)cn3)cc3cc(-c4c(C)ccc(O)c4C)cnc32)cc1. The van der Waals surface area contributed by atoms with Crippen LogP contribution < -0.4 is 0 Å². The summed E-state index contributed by atoms with van der Waals surface area (Å²) in [5.41, 5.74) is 6.17. The van der Waals surface area contributed by atoms with E-state index in [1.165, 1.54) is 3.97 Å². The van der Waals surface area contributed by atoms with Gasteiger partial charge in [0.2, 0.25) is 0 Å². The maximum Gasteiger partial charge on any atom is 0.269 e. The fraction of sp³-hybridized carbons (Fsp3) is 0.148. The molecule has 0 unspecified atom stereocenters.